The van der Waals surface area contributed by atoms with Gasteiger partial charge in [0.2, 0.25) is 0 Å². The topological polar surface area (TPSA) is 61.8 Å². The molecule has 1 aliphatic rings. The number of halogens is 1. The number of rotatable bonds is 6. The predicted octanol–water partition coefficient (Wildman–Crippen LogP) is 3.62. The van der Waals surface area contributed by atoms with Gasteiger partial charge in [0, 0.05) is 12.1 Å². The van der Waals surface area contributed by atoms with Crippen molar-refractivity contribution in [3.05, 3.63) is 58.6 Å². The van der Waals surface area contributed by atoms with Crippen LogP contribution in [0.25, 0.3) is 0 Å². The van der Waals surface area contributed by atoms with E-state index in [1.165, 1.54) is 25.0 Å². The molecule has 1 unspecified atom stereocenters. The van der Waals surface area contributed by atoms with Crippen LogP contribution in [0.4, 0.5) is 0 Å². The van der Waals surface area contributed by atoms with E-state index in [9.17, 15) is 9.90 Å². The summed E-state index contributed by atoms with van der Waals surface area (Å²) in [5.74, 6) is 0.581. The molecule has 0 spiro atoms. The Morgan fingerprint density at radius 2 is 1.92 bits per heavy atom. The molecule has 1 saturated heterocycles. The zero-order chi connectivity index (χ0) is 18.5. The third-order valence-corrected chi connectivity index (χ3v) is 5.05. The Balaban J connectivity index is 1.72. The van der Waals surface area contributed by atoms with Crippen molar-refractivity contribution in [2.24, 2.45) is 0 Å². The number of nitrogens with one attached hydrogen (secondary N) is 1. The molecule has 0 saturated carbocycles. The standard InChI is InChI=1S/C20H23ClN2O3/c1-26-16-7-4-14(5-8-16)18(23-10-2-3-11-23)13-22-20(25)15-6-9-19(24)17(21)12-15/h4-9,12,18,24H,2-3,10-11,13H2,1H3,(H,22,25). The van der Waals surface area contributed by atoms with Gasteiger partial charge in [0.25, 0.3) is 5.91 Å². The molecule has 138 valence electrons. The lowest BCUT2D eigenvalue weighted by molar-refractivity contribution is 0.0938. The predicted molar refractivity (Wildman–Crippen MR) is 102 cm³/mol. The van der Waals surface area contributed by atoms with E-state index in [0.29, 0.717) is 12.1 Å². The van der Waals surface area contributed by atoms with E-state index in [-0.39, 0.29) is 22.7 Å². The van der Waals surface area contributed by atoms with Crippen LogP contribution in [0, 0.1) is 0 Å². The fraction of sp³-hybridized carbons (Fsp3) is 0.350. The van der Waals surface area contributed by atoms with Gasteiger partial charge in [-0.1, -0.05) is 23.7 Å². The van der Waals surface area contributed by atoms with Crippen LogP contribution in [0.1, 0.15) is 34.8 Å². The minimum Gasteiger partial charge on any atom is -0.506 e. The van der Waals surface area contributed by atoms with Gasteiger partial charge in [-0.2, -0.15) is 0 Å². The number of benzene rings is 2. The molecule has 5 nitrogen and oxygen atoms in total. The van der Waals surface area contributed by atoms with Crippen molar-refractivity contribution in [1.29, 1.82) is 0 Å². The van der Waals surface area contributed by atoms with E-state index >= 15 is 0 Å². The first-order valence-electron chi connectivity index (χ1n) is 8.73. The van der Waals surface area contributed by atoms with Crippen molar-refractivity contribution < 1.29 is 14.6 Å². The average molecular weight is 375 g/mol. The number of likely N-dealkylation sites (tertiary alicyclic amines) is 1. The molecule has 0 aromatic heterocycles. The number of ether oxygens (including phenoxy) is 1. The van der Waals surface area contributed by atoms with Crippen molar-refractivity contribution in [1.82, 2.24) is 10.2 Å². The fourth-order valence-corrected chi connectivity index (χ4v) is 3.46. The average Bonchev–Trinajstić information content (AvgIpc) is 3.19. The quantitative estimate of drug-likeness (QED) is 0.810. The molecule has 2 aromatic carbocycles. The molecular weight excluding hydrogens is 352 g/mol. The molecule has 2 N–H and O–H groups in total. The number of phenolic OH excluding ortho intramolecular Hbond substituents is 1. The number of amides is 1. The van der Waals surface area contributed by atoms with Gasteiger partial charge < -0.3 is 15.2 Å². The SMILES string of the molecule is COc1ccc(C(CNC(=O)c2ccc(O)c(Cl)c2)N2CCCC2)cc1. The van der Waals surface area contributed by atoms with Gasteiger partial charge in [-0.15, -0.1) is 0 Å². The highest BCUT2D eigenvalue weighted by Crippen LogP contribution is 2.27. The summed E-state index contributed by atoms with van der Waals surface area (Å²) in [6, 6.07) is 12.6. The van der Waals surface area contributed by atoms with Crippen LogP contribution < -0.4 is 10.1 Å². The summed E-state index contributed by atoms with van der Waals surface area (Å²) in [5, 5.41) is 12.7. The van der Waals surface area contributed by atoms with Gasteiger partial charge in [-0.25, -0.2) is 0 Å². The van der Waals surface area contributed by atoms with E-state index in [1.54, 1.807) is 13.2 Å². The molecule has 3 rings (SSSR count). The molecule has 6 heteroatoms. The highest BCUT2D eigenvalue weighted by molar-refractivity contribution is 6.32. The first-order chi connectivity index (χ1) is 12.6. The Kier molecular flexibility index (Phi) is 6.01. The van der Waals surface area contributed by atoms with Crippen LogP contribution in [0.15, 0.2) is 42.5 Å². The van der Waals surface area contributed by atoms with E-state index in [2.05, 4.69) is 10.2 Å². The van der Waals surface area contributed by atoms with E-state index < -0.39 is 0 Å². The number of hydrogen-bond donors (Lipinski definition) is 2. The summed E-state index contributed by atoms with van der Waals surface area (Å²) < 4.78 is 5.24. The lowest BCUT2D eigenvalue weighted by Crippen LogP contribution is -2.36. The lowest BCUT2D eigenvalue weighted by Gasteiger charge is -2.28. The van der Waals surface area contributed by atoms with Crippen LogP contribution >= 0.6 is 11.6 Å². The zero-order valence-electron chi connectivity index (χ0n) is 14.7. The molecule has 26 heavy (non-hydrogen) atoms. The van der Waals surface area contributed by atoms with E-state index in [1.807, 2.05) is 24.3 Å². The first-order valence-corrected chi connectivity index (χ1v) is 9.11. The highest BCUT2D eigenvalue weighted by atomic mass is 35.5. The van der Waals surface area contributed by atoms with E-state index in [0.717, 1.165) is 24.4 Å². The van der Waals surface area contributed by atoms with Crippen LogP contribution in [0.2, 0.25) is 5.02 Å². The maximum Gasteiger partial charge on any atom is 0.251 e. The zero-order valence-corrected chi connectivity index (χ0v) is 15.5. The number of hydrogen-bond acceptors (Lipinski definition) is 4. The van der Waals surface area contributed by atoms with Gasteiger partial charge in [-0.05, 0) is 61.8 Å². The van der Waals surface area contributed by atoms with Crippen LogP contribution in [0.3, 0.4) is 0 Å². The molecule has 1 amide bonds. The summed E-state index contributed by atoms with van der Waals surface area (Å²) >= 11 is 5.90. The largest absolute Gasteiger partial charge is 0.506 e. The summed E-state index contributed by atoms with van der Waals surface area (Å²) in [5.41, 5.74) is 1.58. The molecular formula is C20H23ClN2O3. The third-order valence-electron chi connectivity index (χ3n) is 4.75. The monoisotopic (exact) mass is 374 g/mol. The Bertz CT molecular complexity index is 758. The second kappa shape index (κ2) is 8.43. The molecule has 0 bridgehead atoms. The second-order valence-corrected chi connectivity index (χ2v) is 6.82. The Morgan fingerprint density at radius 3 is 2.54 bits per heavy atom. The number of methoxy groups -OCH3 is 1. The highest BCUT2D eigenvalue weighted by Gasteiger charge is 2.24. The van der Waals surface area contributed by atoms with Crippen LogP contribution in [-0.4, -0.2) is 42.7 Å². The van der Waals surface area contributed by atoms with E-state index in [4.69, 9.17) is 16.3 Å². The molecule has 1 fully saturated rings. The minimum atomic E-state index is -0.204. The van der Waals surface area contributed by atoms with Crippen molar-refractivity contribution in [3.8, 4) is 11.5 Å². The first kappa shape index (κ1) is 18.5. The summed E-state index contributed by atoms with van der Waals surface area (Å²) in [4.78, 5) is 14.9. The summed E-state index contributed by atoms with van der Waals surface area (Å²) in [7, 11) is 1.65. The molecule has 1 heterocycles. The Labute approximate surface area is 158 Å². The maximum absolute atomic E-state index is 12.5. The van der Waals surface area contributed by atoms with Crippen molar-refractivity contribution >= 4 is 17.5 Å². The van der Waals surface area contributed by atoms with Gasteiger partial charge >= 0.3 is 0 Å². The lowest BCUT2D eigenvalue weighted by atomic mass is 10.0. The number of aromatic hydroxyl groups is 1. The van der Waals surface area contributed by atoms with Gasteiger partial charge in [0.1, 0.15) is 11.5 Å². The van der Waals surface area contributed by atoms with Crippen molar-refractivity contribution in [3.63, 3.8) is 0 Å². The molecule has 0 radical (unpaired) electrons. The fourth-order valence-electron chi connectivity index (χ4n) is 3.28. The number of carbonyl (C=O) groups is 1. The van der Waals surface area contributed by atoms with Gasteiger partial charge in [0.15, 0.2) is 0 Å². The molecule has 1 atom stereocenters. The minimum absolute atomic E-state index is 0.0311. The summed E-state index contributed by atoms with van der Waals surface area (Å²) in [6.45, 7) is 2.55. The van der Waals surface area contributed by atoms with Crippen molar-refractivity contribution in [2.75, 3.05) is 26.7 Å². The van der Waals surface area contributed by atoms with Crippen LogP contribution in [0.5, 0.6) is 11.5 Å². The molecule has 1 aliphatic heterocycles. The Hall–Kier alpha value is -2.24. The van der Waals surface area contributed by atoms with Gasteiger partial charge in [-0.3, -0.25) is 9.69 Å². The second-order valence-electron chi connectivity index (χ2n) is 6.41. The smallest absolute Gasteiger partial charge is 0.251 e. The summed E-state index contributed by atoms with van der Waals surface area (Å²) in [6.07, 6.45) is 2.35. The third kappa shape index (κ3) is 4.29. The normalized spacial score (nSPS) is 15.6. The number of nitrogens with zero attached hydrogens (tertiary/aromatic N) is 1. The maximum atomic E-state index is 12.5. The molecule has 0 aliphatic carbocycles. The van der Waals surface area contributed by atoms with Crippen LogP contribution in [-0.2, 0) is 0 Å². The Morgan fingerprint density at radius 1 is 1.23 bits per heavy atom. The van der Waals surface area contributed by atoms with Crippen molar-refractivity contribution in [2.45, 2.75) is 18.9 Å². The number of phenols is 1. The van der Waals surface area contributed by atoms with Gasteiger partial charge in [0.05, 0.1) is 18.2 Å². The number of carbonyl (C=O) groups excluding carboxylic acids is 1. The molecule has 2 aromatic rings.